The molecule has 5 atom stereocenters. The van der Waals surface area contributed by atoms with Crippen molar-refractivity contribution in [2.45, 2.75) is 43.5 Å². The van der Waals surface area contributed by atoms with Crippen LogP contribution in [-0.4, -0.2) is 53.2 Å². The fraction of sp³-hybridized carbons (Fsp3) is 0.370. The van der Waals surface area contributed by atoms with Crippen molar-refractivity contribution in [2.75, 3.05) is 13.1 Å². The van der Waals surface area contributed by atoms with Gasteiger partial charge in [0.1, 0.15) is 24.1 Å². The Hall–Kier alpha value is -3.25. The van der Waals surface area contributed by atoms with Crippen LogP contribution in [0.5, 0.6) is 0 Å². The number of hydrogen-bond acceptors (Lipinski definition) is 5. The van der Waals surface area contributed by atoms with Crippen LogP contribution in [0.25, 0.3) is 6.08 Å². The third-order valence-corrected chi connectivity index (χ3v) is 7.09. The summed E-state index contributed by atoms with van der Waals surface area (Å²) in [4.78, 5) is 27.9. The molecule has 0 aliphatic carbocycles. The summed E-state index contributed by atoms with van der Waals surface area (Å²) in [6.45, 7) is 0.971. The summed E-state index contributed by atoms with van der Waals surface area (Å²) in [6, 6.07) is 14.3. The van der Waals surface area contributed by atoms with Gasteiger partial charge >= 0.3 is 0 Å². The molecule has 0 aromatic heterocycles. The van der Waals surface area contributed by atoms with E-state index in [9.17, 15) is 24.3 Å². The molecule has 2 fully saturated rings. The standard InChI is InChI=1S/C27H28ClFN4O3/c28-21-8-6-18(23(29)14-21)7-9-25(34)33-16-20(17-4-2-1-3-5-17)13-24(33)27(36)32-22(15-30)12-19-10-11-31-26(19)35/h1-9,14,19-20,22,24,26,31,35H,10-13,16H2,(H,32,36)/b9-7+/t19-,20+,22-,24-,26?/m0/s1. The normalized spacial score (nSPS) is 24.6. The number of aliphatic hydroxyl groups excluding tert-OH is 1. The predicted molar refractivity (Wildman–Crippen MR) is 134 cm³/mol. The number of rotatable bonds is 7. The molecular formula is C27H28ClFN4O3. The first-order valence-corrected chi connectivity index (χ1v) is 12.3. The second kappa shape index (κ2) is 11.7. The number of nitrogens with one attached hydrogen (secondary N) is 2. The van der Waals surface area contributed by atoms with Gasteiger partial charge in [-0.3, -0.25) is 14.9 Å². The Kier molecular flexibility index (Phi) is 8.36. The maximum absolute atomic E-state index is 14.2. The second-order valence-corrected chi connectivity index (χ2v) is 9.66. The van der Waals surface area contributed by atoms with Crippen molar-refractivity contribution in [3.05, 3.63) is 76.6 Å². The molecular weight excluding hydrogens is 483 g/mol. The number of carbonyl (C=O) groups excluding carboxylic acids is 2. The molecule has 2 heterocycles. The SMILES string of the molecule is N#C[C@H](C[C@@H]1CCNC1O)NC(=O)[C@@H]1C[C@@H](c2ccccc2)CN1C(=O)/C=C/c1ccc(Cl)cc1F. The number of hydrogen-bond donors (Lipinski definition) is 3. The van der Waals surface area contributed by atoms with Crippen molar-refractivity contribution in [1.29, 1.82) is 5.26 Å². The van der Waals surface area contributed by atoms with E-state index in [2.05, 4.69) is 16.7 Å². The molecule has 2 amide bonds. The second-order valence-electron chi connectivity index (χ2n) is 9.22. The molecule has 2 aromatic carbocycles. The Bertz CT molecular complexity index is 1170. The molecule has 3 N–H and O–H groups in total. The van der Waals surface area contributed by atoms with Crippen LogP contribution in [0.2, 0.25) is 5.02 Å². The summed E-state index contributed by atoms with van der Waals surface area (Å²) < 4.78 is 14.2. The molecule has 9 heteroatoms. The van der Waals surface area contributed by atoms with Crippen molar-refractivity contribution >= 4 is 29.5 Å². The van der Waals surface area contributed by atoms with Gasteiger partial charge in [-0.1, -0.05) is 48.0 Å². The van der Waals surface area contributed by atoms with E-state index in [0.717, 1.165) is 5.56 Å². The van der Waals surface area contributed by atoms with Gasteiger partial charge in [0.15, 0.2) is 0 Å². The van der Waals surface area contributed by atoms with Gasteiger partial charge in [-0.2, -0.15) is 5.26 Å². The fourth-order valence-electron chi connectivity index (χ4n) is 4.89. The lowest BCUT2D eigenvalue weighted by Crippen LogP contribution is -2.48. The summed E-state index contributed by atoms with van der Waals surface area (Å²) in [5.41, 5.74) is 1.22. The molecule has 0 saturated carbocycles. The zero-order valence-corrected chi connectivity index (χ0v) is 20.4. The van der Waals surface area contributed by atoms with Gasteiger partial charge in [-0.15, -0.1) is 0 Å². The van der Waals surface area contributed by atoms with Crippen LogP contribution in [0.3, 0.4) is 0 Å². The maximum atomic E-state index is 14.2. The van der Waals surface area contributed by atoms with Gasteiger partial charge in [0.25, 0.3) is 0 Å². The number of halogens is 2. The van der Waals surface area contributed by atoms with Crippen LogP contribution in [0.15, 0.2) is 54.6 Å². The van der Waals surface area contributed by atoms with Gasteiger partial charge in [-0.25, -0.2) is 4.39 Å². The minimum Gasteiger partial charge on any atom is -0.378 e. The van der Waals surface area contributed by atoms with Crippen LogP contribution >= 0.6 is 11.6 Å². The third kappa shape index (κ3) is 6.11. The first kappa shape index (κ1) is 25.8. The van der Waals surface area contributed by atoms with Gasteiger partial charge < -0.3 is 15.3 Å². The molecule has 2 saturated heterocycles. The summed E-state index contributed by atoms with van der Waals surface area (Å²) in [5, 5.41) is 25.6. The molecule has 36 heavy (non-hydrogen) atoms. The molecule has 0 radical (unpaired) electrons. The van der Waals surface area contributed by atoms with Crippen molar-refractivity contribution in [3.8, 4) is 6.07 Å². The molecule has 4 rings (SSSR count). The van der Waals surface area contributed by atoms with E-state index < -0.39 is 35.9 Å². The number of benzene rings is 2. The summed E-state index contributed by atoms with van der Waals surface area (Å²) >= 11 is 5.80. The predicted octanol–water partition coefficient (Wildman–Crippen LogP) is 3.20. The fourth-order valence-corrected chi connectivity index (χ4v) is 5.05. The number of aliphatic hydroxyl groups is 1. The minimum atomic E-state index is -0.788. The molecule has 2 aliphatic heterocycles. The largest absolute Gasteiger partial charge is 0.378 e. The van der Waals surface area contributed by atoms with E-state index in [-0.39, 0.29) is 22.4 Å². The van der Waals surface area contributed by atoms with Crippen LogP contribution in [-0.2, 0) is 9.59 Å². The number of likely N-dealkylation sites (tertiary alicyclic amines) is 1. The van der Waals surface area contributed by atoms with E-state index >= 15 is 0 Å². The van der Waals surface area contributed by atoms with Gasteiger partial charge in [0.05, 0.1) is 6.07 Å². The Balaban J connectivity index is 1.51. The number of nitrogens with zero attached hydrogens (tertiary/aromatic N) is 2. The molecule has 188 valence electrons. The van der Waals surface area contributed by atoms with Crippen molar-refractivity contribution < 1.29 is 19.1 Å². The first-order valence-electron chi connectivity index (χ1n) is 12.0. The molecule has 1 unspecified atom stereocenters. The number of carbonyl (C=O) groups is 2. The van der Waals surface area contributed by atoms with Crippen molar-refractivity contribution in [1.82, 2.24) is 15.5 Å². The lowest BCUT2D eigenvalue weighted by atomic mass is 9.95. The molecule has 2 aromatic rings. The minimum absolute atomic E-state index is 0.0621. The Morgan fingerprint density at radius 3 is 2.75 bits per heavy atom. The quantitative estimate of drug-likeness (QED) is 0.496. The van der Waals surface area contributed by atoms with Crippen LogP contribution in [0.4, 0.5) is 4.39 Å². The average Bonchev–Trinajstić information content (AvgIpc) is 3.50. The lowest BCUT2D eigenvalue weighted by molar-refractivity contribution is -0.135. The highest BCUT2D eigenvalue weighted by Gasteiger charge is 2.40. The maximum Gasteiger partial charge on any atom is 0.247 e. The lowest BCUT2D eigenvalue weighted by Gasteiger charge is -2.25. The third-order valence-electron chi connectivity index (χ3n) is 6.85. The Labute approximate surface area is 214 Å². The molecule has 2 aliphatic rings. The van der Waals surface area contributed by atoms with E-state index in [1.54, 1.807) is 0 Å². The average molecular weight is 511 g/mol. The molecule has 0 bridgehead atoms. The van der Waals surface area contributed by atoms with Crippen LogP contribution < -0.4 is 10.6 Å². The monoisotopic (exact) mass is 510 g/mol. The highest BCUT2D eigenvalue weighted by Crippen LogP contribution is 2.32. The number of nitriles is 1. The van der Waals surface area contributed by atoms with Crippen molar-refractivity contribution in [3.63, 3.8) is 0 Å². The van der Waals surface area contributed by atoms with Crippen LogP contribution in [0, 0.1) is 23.1 Å². The van der Waals surface area contributed by atoms with Gasteiger partial charge in [0.2, 0.25) is 11.8 Å². The highest BCUT2D eigenvalue weighted by atomic mass is 35.5. The summed E-state index contributed by atoms with van der Waals surface area (Å²) in [6.07, 6.45) is 3.34. The zero-order valence-electron chi connectivity index (χ0n) is 19.6. The van der Waals surface area contributed by atoms with Crippen LogP contribution in [0.1, 0.15) is 36.3 Å². The summed E-state index contributed by atoms with van der Waals surface area (Å²) in [7, 11) is 0. The van der Waals surface area contributed by atoms with Crippen molar-refractivity contribution in [2.24, 2.45) is 5.92 Å². The number of amides is 2. The van der Waals surface area contributed by atoms with E-state index in [1.807, 2.05) is 30.3 Å². The van der Waals surface area contributed by atoms with E-state index in [0.29, 0.717) is 32.4 Å². The molecule has 7 nitrogen and oxygen atoms in total. The Morgan fingerprint density at radius 1 is 1.31 bits per heavy atom. The summed E-state index contributed by atoms with van der Waals surface area (Å²) in [5.74, 6) is -1.59. The van der Waals surface area contributed by atoms with E-state index in [1.165, 1.54) is 35.3 Å². The topological polar surface area (TPSA) is 105 Å². The Morgan fingerprint density at radius 2 is 2.08 bits per heavy atom. The van der Waals surface area contributed by atoms with Gasteiger partial charge in [-0.05, 0) is 49.6 Å². The first-order chi connectivity index (χ1) is 17.4. The molecule has 0 spiro atoms. The van der Waals surface area contributed by atoms with Gasteiger partial charge in [0, 0.05) is 35.0 Å². The smallest absolute Gasteiger partial charge is 0.247 e. The zero-order chi connectivity index (χ0) is 25.7. The highest BCUT2D eigenvalue weighted by molar-refractivity contribution is 6.30. The van der Waals surface area contributed by atoms with E-state index in [4.69, 9.17) is 11.6 Å².